The van der Waals surface area contributed by atoms with Gasteiger partial charge in [0.25, 0.3) is 5.56 Å². The quantitative estimate of drug-likeness (QED) is 0.570. The lowest BCUT2D eigenvalue weighted by molar-refractivity contribution is 0.354. The van der Waals surface area contributed by atoms with E-state index in [1.54, 1.807) is 14.2 Å². The minimum atomic E-state index is -0.648. The molecule has 0 saturated heterocycles. The van der Waals surface area contributed by atoms with Gasteiger partial charge in [-0.15, -0.1) is 0 Å². The van der Waals surface area contributed by atoms with Crippen LogP contribution in [0, 0.1) is 0 Å². The van der Waals surface area contributed by atoms with Gasteiger partial charge in [-0.25, -0.2) is 4.79 Å². The highest BCUT2D eigenvalue weighted by atomic mass is 16.5. The Bertz CT molecular complexity index is 1360. The monoisotopic (exact) mass is 401 g/mol. The minimum absolute atomic E-state index is 0.389. The van der Waals surface area contributed by atoms with E-state index in [4.69, 9.17) is 9.47 Å². The predicted molar refractivity (Wildman–Crippen MR) is 113 cm³/mol. The Morgan fingerprint density at radius 3 is 2.43 bits per heavy atom. The zero-order valence-corrected chi connectivity index (χ0v) is 16.6. The lowest BCUT2D eigenvalue weighted by Crippen LogP contribution is -2.29. The fourth-order valence-electron chi connectivity index (χ4n) is 4.17. The number of fused-ring (bicyclic) bond motifs is 5. The SMILES string of the molecule is COc1cc2c(cc1OC)-c1cc(-c3ccccc3)c3c(=O)[nH]c(=O)nc-3n1CC2. The third kappa shape index (κ3) is 2.70. The maximum Gasteiger partial charge on any atom is 0.349 e. The van der Waals surface area contributed by atoms with Crippen LogP contribution in [-0.4, -0.2) is 28.8 Å². The fraction of sp³-hybridized carbons (Fsp3) is 0.174. The second-order valence-electron chi connectivity index (χ2n) is 7.14. The van der Waals surface area contributed by atoms with Gasteiger partial charge in [0.15, 0.2) is 17.3 Å². The van der Waals surface area contributed by atoms with Crippen molar-refractivity contribution in [2.75, 3.05) is 14.2 Å². The highest BCUT2D eigenvalue weighted by molar-refractivity contribution is 5.86. The molecule has 0 atom stereocenters. The average Bonchev–Trinajstić information content (AvgIpc) is 2.77. The van der Waals surface area contributed by atoms with Gasteiger partial charge in [-0.3, -0.25) is 9.78 Å². The number of aryl methyl sites for hydroxylation is 1. The summed E-state index contributed by atoms with van der Waals surface area (Å²) in [7, 11) is 3.21. The summed E-state index contributed by atoms with van der Waals surface area (Å²) in [5.41, 5.74) is 3.89. The molecular weight excluding hydrogens is 382 g/mol. The number of nitrogens with zero attached hydrogens (tertiary/aromatic N) is 2. The molecule has 0 bridgehead atoms. The molecule has 1 N–H and O–H groups in total. The fourth-order valence-corrected chi connectivity index (χ4v) is 4.17. The van der Waals surface area contributed by atoms with E-state index in [-0.39, 0.29) is 0 Å². The summed E-state index contributed by atoms with van der Waals surface area (Å²) in [5, 5.41) is 0. The first kappa shape index (κ1) is 18.2. The van der Waals surface area contributed by atoms with Crippen LogP contribution in [0.15, 0.2) is 58.1 Å². The van der Waals surface area contributed by atoms with E-state index in [0.717, 1.165) is 34.4 Å². The average molecular weight is 401 g/mol. The molecule has 0 aliphatic carbocycles. The Hall–Kier alpha value is -3.87. The largest absolute Gasteiger partial charge is 0.493 e. The van der Waals surface area contributed by atoms with E-state index in [0.29, 0.717) is 29.4 Å². The first-order valence-corrected chi connectivity index (χ1v) is 9.59. The highest BCUT2D eigenvalue weighted by Crippen LogP contribution is 2.42. The summed E-state index contributed by atoms with van der Waals surface area (Å²) in [6.45, 7) is 0.597. The summed E-state index contributed by atoms with van der Waals surface area (Å²) >= 11 is 0. The summed E-state index contributed by atoms with van der Waals surface area (Å²) < 4.78 is 12.9. The van der Waals surface area contributed by atoms with Gasteiger partial charge in [0, 0.05) is 17.7 Å². The van der Waals surface area contributed by atoms with Gasteiger partial charge in [0.2, 0.25) is 0 Å². The standard InChI is InChI=1S/C23H19N3O4/c1-29-18-10-14-8-9-26-17(15(14)12-19(18)30-2)11-16(13-6-4-3-5-7-13)20-21(26)24-23(28)25-22(20)27/h3-7,10-12H,8-9H2,1-2H3,(H,25,27,28). The van der Waals surface area contributed by atoms with Crippen LogP contribution in [0.2, 0.25) is 0 Å². The molecule has 3 aliphatic rings. The zero-order chi connectivity index (χ0) is 20.8. The second kappa shape index (κ2) is 6.88. The number of ether oxygens (including phenoxy) is 2. The second-order valence-corrected chi connectivity index (χ2v) is 7.14. The van der Waals surface area contributed by atoms with E-state index in [1.165, 1.54) is 0 Å². The van der Waals surface area contributed by atoms with Crippen molar-refractivity contribution in [2.45, 2.75) is 13.0 Å². The van der Waals surface area contributed by atoms with Crippen LogP contribution in [0.1, 0.15) is 5.56 Å². The van der Waals surface area contributed by atoms with Gasteiger partial charge in [-0.2, -0.15) is 4.98 Å². The van der Waals surface area contributed by atoms with Crippen LogP contribution < -0.4 is 20.7 Å². The van der Waals surface area contributed by atoms with Crippen molar-refractivity contribution >= 4 is 0 Å². The maximum atomic E-state index is 12.8. The molecule has 0 fully saturated rings. The van der Waals surface area contributed by atoms with E-state index < -0.39 is 11.2 Å². The number of hydrogen-bond donors (Lipinski definition) is 1. The lowest BCUT2D eigenvalue weighted by Gasteiger charge is -2.28. The predicted octanol–water partition coefficient (Wildman–Crippen LogP) is 2.94. The molecule has 2 aromatic carbocycles. The Morgan fingerprint density at radius 1 is 0.967 bits per heavy atom. The molecule has 3 aliphatic heterocycles. The van der Waals surface area contributed by atoms with Crippen LogP contribution in [-0.2, 0) is 13.0 Å². The first-order valence-electron chi connectivity index (χ1n) is 9.59. The Morgan fingerprint density at radius 2 is 1.70 bits per heavy atom. The summed E-state index contributed by atoms with van der Waals surface area (Å²) in [6, 6.07) is 15.5. The molecule has 150 valence electrons. The molecule has 0 spiro atoms. The number of hydrogen-bond acceptors (Lipinski definition) is 5. The van der Waals surface area contributed by atoms with Crippen molar-refractivity contribution in [1.29, 1.82) is 0 Å². The summed E-state index contributed by atoms with van der Waals surface area (Å²) in [6.07, 6.45) is 0.718. The summed E-state index contributed by atoms with van der Waals surface area (Å²) in [4.78, 5) is 31.3. The van der Waals surface area contributed by atoms with E-state index >= 15 is 0 Å². The Kier molecular flexibility index (Phi) is 4.17. The zero-order valence-electron chi connectivity index (χ0n) is 16.6. The topological polar surface area (TPSA) is 86.2 Å². The molecule has 3 heterocycles. The number of benzene rings is 2. The number of pyridine rings is 1. The molecule has 0 unspecified atom stereocenters. The number of nitrogens with one attached hydrogen (secondary N) is 1. The Labute approximate surface area is 171 Å². The molecule has 30 heavy (non-hydrogen) atoms. The summed E-state index contributed by atoms with van der Waals surface area (Å²) in [5.74, 6) is 1.68. The van der Waals surface area contributed by atoms with Gasteiger partial charge in [-0.05, 0) is 35.7 Å². The number of methoxy groups -OCH3 is 2. The molecule has 5 rings (SSSR count). The number of H-pyrrole nitrogens is 1. The molecule has 0 amide bonds. The molecule has 0 aromatic heterocycles. The third-order valence-corrected chi connectivity index (χ3v) is 5.55. The number of aromatic amines is 1. The molecule has 7 nitrogen and oxygen atoms in total. The van der Waals surface area contributed by atoms with Gasteiger partial charge >= 0.3 is 5.69 Å². The van der Waals surface area contributed by atoms with Crippen molar-refractivity contribution in [1.82, 2.24) is 14.5 Å². The van der Waals surface area contributed by atoms with Crippen molar-refractivity contribution in [3.05, 3.63) is 74.9 Å². The normalized spacial score (nSPS) is 12.3. The van der Waals surface area contributed by atoms with Crippen LogP contribution in [0.25, 0.3) is 33.8 Å². The molecular formula is C23H19N3O4. The van der Waals surface area contributed by atoms with E-state index in [1.807, 2.05) is 53.1 Å². The lowest BCUT2D eigenvalue weighted by atomic mass is 9.91. The van der Waals surface area contributed by atoms with Crippen molar-refractivity contribution < 1.29 is 9.47 Å². The van der Waals surface area contributed by atoms with E-state index in [9.17, 15) is 9.59 Å². The van der Waals surface area contributed by atoms with Gasteiger partial charge < -0.3 is 14.0 Å². The maximum absolute atomic E-state index is 12.8. The minimum Gasteiger partial charge on any atom is -0.493 e. The van der Waals surface area contributed by atoms with Crippen LogP contribution in [0.4, 0.5) is 0 Å². The first-order chi connectivity index (χ1) is 14.6. The van der Waals surface area contributed by atoms with Crippen molar-refractivity contribution in [3.8, 4) is 45.3 Å². The van der Waals surface area contributed by atoms with Crippen LogP contribution in [0.3, 0.4) is 0 Å². The molecule has 7 heteroatoms. The smallest absolute Gasteiger partial charge is 0.349 e. The molecule has 0 radical (unpaired) electrons. The van der Waals surface area contributed by atoms with Crippen LogP contribution >= 0.6 is 0 Å². The number of aromatic nitrogens is 3. The number of rotatable bonds is 3. The van der Waals surface area contributed by atoms with Gasteiger partial charge in [0.1, 0.15) is 0 Å². The van der Waals surface area contributed by atoms with Gasteiger partial charge in [0.05, 0.1) is 25.5 Å². The van der Waals surface area contributed by atoms with Crippen molar-refractivity contribution in [3.63, 3.8) is 0 Å². The Balaban J connectivity index is 1.90. The molecule has 2 aromatic rings. The van der Waals surface area contributed by atoms with Gasteiger partial charge in [-0.1, -0.05) is 30.3 Å². The van der Waals surface area contributed by atoms with Crippen molar-refractivity contribution in [2.24, 2.45) is 0 Å². The van der Waals surface area contributed by atoms with Crippen LogP contribution in [0.5, 0.6) is 11.5 Å². The van der Waals surface area contributed by atoms with E-state index in [2.05, 4.69) is 9.97 Å². The third-order valence-electron chi connectivity index (χ3n) is 5.55. The molecule has 0 saturated carbocycles. The highest BCUT2D eigenvalue weighted by Gasteiger charge is 2.27.